The Morgan fingerprint density at radius 1 is 0.975 bits per heavy atom. The maximum absolute atomic E-state index is 13.6. The number of fused-ring (bicyclic) bond motifs is 1. The molecule has 3 aromatic rings. The lowest BCUT2D eigenvalue weighted by Crippen LogP contribution is -2.35. The highest BCUT2D eigenvalue weighted by molar-refractivity contribution is 5.96. The largest absolute Gasteiger partial charge is 0.433 e. The molecule has 1 saturated carbocycles. The van der Waals surface area contributed by atoms with Crippen LogP contribution in [0.4, 0.5) is 13.2 Å². The lowest BCUT2D eigenvalue weighted by atomic mass is 9.76. The number of carbonyl (C=O) groups is 1. The number of alkyl halides is 3. The number of rotatable bonds is 6. The molecule has 2 atom stereocenters. The summed E-state index contributed by atoms with van der Waals surface area (Å²) >= 11 is 0. The van der Waals surface area contributed by atoms with Gasteiger partial charge in [0.2, 0.25) is 0 Å². The highest BCUT2D eigenvalue weighted by Crippen LogP contribution is 2.44. The molecule has 40 heavy (non-hydrogen) atoms. The first-order valence-corrected chi connectivity index (χ1v) is 14.3. The Kier molecular flexibility index (Phi) is 6.97. The van der Waals surface area contributed by atoms with Gasteiger partial charge in [0.15, 0.2) is 0 Å². The monoisotopic (exact) mass is 551 g/mol. The van der Waals surface area contributed by atoms with Crippen LogP contribution in [-0.4, -0.2) is 63.2 Å². The van der Waals surface area contributed by atoms with Gasteiger partial charge in [0.25, 0.3) is 5.91 Å². The molecule has 9 heteroatoms. The lowest BCUT2D eigenvalue weighted by Gasteiger charge is -2.32. The smallest absolute Gasteiger partial charge is 0.338 e. The molecule has 212 valence electrons. The predicted molar refractivity (Wildman–Crippen MR) is 146 cm³/mol. The van der Waals surface area contributed by atoms with Gasteiger partial charge in [0.1, 0.15) is 5.69 Å². The van der Waals surface area contributed by atoms with Crippen molar-refractivity contribution in [3.8, 4) is 5.69 Å². The first-order valence-electron chi connectivity index (χ1n) is 14.3. The molecule has 2 unspecified atom stereocenters. The van der Waals surface area contributed by atoms with Crippen molar-refractivity contribution in [3.63, 3.8) is 0 Å². The highest BCUT2D eigenvalue weighted by Gasteiger charge is 2.43. The number of amides is 1. The van der Waals surface area contributed by atoms with Crippen LogP contribution < -0.4 is 0 Å². The third kappa shape index (κ3) is 4.93. The minimum absolute atomic E-state index is 0.0453. The first-order chi connectivity index (χ1) is 19.1. The van der Waals surface area contributed by atoms with Crippen molar-refractivity contribution < 1.29 is 18.0 Å². The molecule has 1 aliphatic carbocycles. The SMILES string of the molecule is Cc1nn(-c2ccc(C(F)(F)F)nc2)c(C)c1C(=O)N1CC2CN(CCC3(c4ccccc4)CCCC3)CC2C1. The van der Waals surface area contributed by atoms with E-state index in [9.17, 15) is 18.0 Å². The minimum atomic E-state index is -4.50. The van der Waals surface area contributed by atoms with E-state index in [2.05, 4.69) is 45.3 Å². The van der Waals surface area contributed by atoms with Crippen molar-refractivity contribution in [2.75, 3.05) is 32.7 Å². The van der Waals surface area contributed by atoms with Crippen molar-refractivity contribution in [2.24, 2.45) is 11.8 Å². The van der Waals surface area contributed by atoms with Gasteiger partial charge in [0, 0.05) is 26.2 Å². The fourth-order valence-corrected chi connectivity index (χ4v) is 7.38. The van der Waals surface area contributed by atoms with Gasteiger partial charge in [-0.2, -0.15) is 18.3 Å². The summed E-state index contributed by atoms with van der Waals surface area (Å²) < 4.78 is 40.3. The molecule has 0 spiro atoms. The van der Waals surface area contributed by atoms with Crippen molar-refractivity contribution in [1.29, 1.82) is 0 Å². The van der Waals surface area contributed by atoms with Crippen molar-refractivity contribution >= 4 is 5.91 Å². The zero-order chi connectivity index (χ0) is 28.1. The molecular formula is C31H36F3N5O. The maximum atomic E-state index is 13.6. The average molecular weight is 552 g/mol. The van der Waals surface area contributed by atoms with E-state index in [4.69, 9.17) is 0 Å². The summed E-state index contributed by atoms with van der Waals surface area (Å²) in [7, 11) is 0. The zero-order valence-corrected chi connectivity index (χ0v) is 23.1. The molecule has 4 heterocycles. The number of halogens is 3. The van der Waals surface area contributed by atoms with Crippen LogP contribution in [0.25, 0.3) is 5.69 Å². The zero-order valence-electron chi connectivity index (χ0n) is 23.1. The van der Waals surface area contributed by atoms with Gasteiger partial charge in [-0.1, -0.05) is 43.2 Å². The molecule has 6 nitrogen and oxygen atoms in total. The van der Waals surface area contributed by atoms with Gasteiger partial charge in [-0.25, -0.2) is 9.67 Å². The minimum Gasteiger partial charge on any atom is -0.338 e. The van der Waals surface area contributed by atoms with Gasteiger partial charge >= 0.3 is 6.18 Å². The van der Waals surface area contributed by atoms with Crippen LogP contribution in [0.5, 0.6) is 0 Å². The van der Waals surface area contributed by atoms with Crippen LogP contribution in [0, 0.1) is 25.7 Å². The third-order valence-electron chi connectivity index (χ3n) is 9.49. The van der Waals surface area contributed by atoms with E-state index in [1.165, 1.54) is 48.4 Å². The average Bonchev–Trinajstić information content (AvgIpc) is 3.71. The number of aromatic nitrogens is 3. The Labute approximate surface area is 233 Å². The van der Waals surface area contributed by atoms with E-state index in [-0.39, 0.29) is 5.91 Å². The van der Waals surface area contributed by atoms with E-state index < -0.39 is 11.9 Å². The van der Waals surface area contributed by atoms with E-state index in [1.54, 1.807) is 13.8 Å². The second kappa shape index (κ2) is 10.3. The van der Waals surface area contributed by atoms with Crippen LogP contribution in [0.2, 0.25) is 0 Å². The maximum Gasteiger partial charge on any atom is 0.433 e. The Morgan fingerprint density at radius 2 is 1.65 bits per heavy atom. The second-order valence-electron chi connectivity index (χ2n) is 12.0. The first kappa shape index (κ1) is 27.0. The van der Waals surface area contributed by atoms with Crippen molar-refractivity contribution in [1.82, 2.24) is 24.6 Å². The molecule has 0 bridgehead atoms. The number of likely N-dealkylation sites (tertiary alicyclic amines) is 2. The predicted octanol–water partition coefficient (Wildman–Crippen LogP) is 5.81. The molecule has 1 aromatic carbocycles. The molecular weight excluding hydrogens is 515 g/mol. The lowest BCUT2D eigenvalue weighted by molar-refractivity contribution is -0.141. The topological polar surface area (TPSA) is 54.3 Å². The number of pyridine rings is 1. The Morgan fingerprint density at radius 3 is 2.25 bits per heavy atom. The van der Waals surface area contributed by atoms with Gasteiger partial charge in [0.05, 0.1) is 28.8 Å². The molecule has 2 saturated heterocycles. The van der Waals surface area contributed by atoms with Crippen LogP contribution in [0.1, 0.15) is 65.1 Å². The number of carbonyl (C=O) groups excluding carboxylic acids is 1. The molecule has 3 aliphatic rings. The quantitative estimate of drug-likeness (QED) is 0.388. The molecule has 3 fully saturated rings. The summed E-state index contributed by atoms with van der Waals surface area (Å²) in [4.78, 5) is 21.7. The number of hydrogen-bond donors (Lipinski definition) is 0. The fraction of sp³-hybridized carbons (Fsp3) is 0.516. The van der Waals surface area contributed by atoms with Crippen LogP contribution in [-0.2, 0) is 11.6 Å². The van der Waals surface area contributed by atoms with Gasteiger partial charge < -0.3 is 9.80 Å². The van der Waals surface area contributed by atoms with Crippen LogP contribution in [0.15, 0.2) is 48.7 Å². The third-order valence-corrected chi connectivity index (χ3v) is 9.49. The summed E-state index contributed by atoms with van der Waals surface area (Å²) in [6.07, 6.45) is 3.00. The Bertz CT molecular complexity index is 1350. The van der Waals surface area contributed by atoms with Crippen LogP contribution in [0.3, 0.4) is 0 Å². The number of benzene rings is 1. The van der Waals surface area contributed by atoms with Crippen molar-refractivity contribution in [3.05, 3.63) is 76.9 Å². The number of hydrogen-bond acceptors (Lipinski definition) is 4. The summed E-state index contributed by atoms with van der Waals surface area (Å²) in [6, 6.07) is 13.3. The Hall–Kier alpha value is -3.20. The number of aryl methyl sites for hydroxylation is 1. The summed E-state index contributed by atoms with van der Waals surface area (Å²) in [6.45, 7) is 8.17. The van der Waals surface area contributed by atoms with E-state index in [1.807, 2.05) is 4.90 Å². The second-order valence-corrected chi connectivity index (χ2v) is 12.0. The van der Waals surface area contributed by atoms with Gasteiger partial charge in [-0.05, 0) is 74.6 Å². The summed E-state index contributed by atoms with van der Waals surface area (Å²) in [5, 5.41) is 4.48. The highest BCUT2D eigenvalue weighted by atomic mass is 19.4. The number of nitrogens with zero attached hydrogens (tertiary/aromatic N) is 5. The molecule has 2 aromatic heterocycles. The molecule has 2 aliphatic heterocycles. The van der Waals surface area contributed by atoms with E-state index in [0.29, 0.717) is 39.9 Å². The van der Waals surface area contributed by atoms with Crippen molar-refractivity contribution in [2.45, 2.75) is 57.5 Å². The molecule has 6 rings (SSSR count). The van der Waals surface area contributed by atoms with Crippen LogP contribution >= 0.6 is 0 Å². The summed E-state index contributed by atoms with van der Waals surface area (Å²) in [5.74, 6) is 0.890. The van der Waals surface area contributed by atoms with Gasteiger partial charge in [-0.3, -0.25) is 4.79 Å². The molecule has 0 radical (unpaired) electrons. The fourth-order valence-electron chi connectivity index (χ4n) is 7.38. The normalized spacial score (nSPS) is 22.7. The van der Waals surface area contributed by atoms with Gasteiger partial charge in [-0.15, -0.1) is 0 Å². The van der Waals surface area contributed by atoms with E-state index >= 15 is 0 Å². The summed E-state index contributed by atoms with van der Waals surface area (Å²) in [5.41, 5.74) is 2.96. The molecule has 0 N–H and O–H groups in total. The molecule has 1 amide bonds. The van der Waals surface area contributed by atoms with E-state index in [0.717, 1.165) is 45.0 Å². The standard InChI is InChI=1S/C31H36F3N5O/c1-21-28(22(2)39(36-21)26-10-11-27(35-16-26)31(32,33)34)29(40)38-19-23-17-37(18-24(23)20-38)15-14-30(12-6-7-13-30)25-8-4-3-5-9-25/h3-5,8-11,16,23-24H,6-7,12-15,17-20H2,1-2H3. The Balaban J connectivity index is 1.09.